The van der Waals surface area contributed by atoms with Gasteiger partial charge in [-0.05, 0) is 57.6 Å². The van der Waals surface area contributed by atoms with Gasteiger partial charge in [0.15, 0.2) is 0 Å². The molecule has 0 radical (unpaired) electrons. The second kappa shape index (κ2) is 7.94. The molecule has 1 nitrogen and oxygen atoms in total. The van der Waals surface area contributed by atoms with Crippen molar-refractivity contribution < 1.29 is 4.43 Å². The Hall–Kier alpha value is -2.55. The summed E-state index contributed by atoms with van der Waals surface area (Å²) in [5, 5.41) is 5.40. The molecule has 0 saturated carbocycles. The first-order valence-electron chi connectivity index (χ1n) is 10.3. The molecule has 4 aromatic carbocycles. The monoisotopic (exact) mass is 430 g/mol. The van der Waals surface area contributed by atoms with Crippen LogP contribution in [0.5, 0.6) is 5.75 Å². The van der Waals surface area contributed by atoms with Crippen LogP contribution in [0.15, 0.2) is 91.0 Å². The lowest BCUT2D eigenvalue weighted by Crippen LogP contribution is -2.68. The molecule has 3 heteroatoms. The average molecular weight is 431 g/mol. The second-order valence-electron chi connectivity index (χ2n) is 8.89. The van der Waals surface area contributed by atoms with Crippen molar-refractivity contribution in [3.05, 3.63) is 102 Å². The Morgan fingerprint density at radius 3 is 1.83 bits per heavy atom. The molecule has 0 spiro atoms. The molecule has 0 saturated heterocycles. The summed E-state index contributed by atoms with van der Waals surface area (Å²) in [5.41, 5.74) is 1.16. The zero-order valence-corrected chi connectivity index (χ0v) is 19.7. The number of rotatable bonds is 4. The number of hydrogen-bond acceptors (Lipinski definition) is 1. The molecule has 0 aliphatic carbocycles. The third-order valence-electron chi connectivity index (χ3n) is 5.70. The van der Waals surface area contributed by atoms with Crippen molar-refractivity contribution in [2.45, 2.75) is 32.7 Å². The topological polar surface area (TPSA) is 9.23 Å². The summed E-state index contributed by atoms with van der Waals surface area (Å²) < 4.78 is 7.27. The number of fused-ring (bicyclic) bond motifs is 1. The Morgan fingerprint density at radius 2 is 1.30 bits per heavy atom. The molecule has 0 aromatic heterocycles. The third-order valence-corrected chi connectivity index (χ3v) is 10.9. The molecule has 0 aliphatic heterocycles. The van der Waals surface area contributed by atoms with E-state index in [0.717, 1.165) is 27.1 Å². The number of aryl methyl sites for hydroxylation is 1. The van der Waals surface area contributed by atoms with Gasteiger partial charge >= 0.3 is 8.32 Å². The smallest absolute Gasteiger partial charge is 0.319 e. The molecule has 0 fully saturated rings. The Kier molecular flexibility index (Phi) is 5.48. The van der Waals surface area contributed by atoms with Crippen molar-refractivity contribution >= 4 is 41.1 Å². The predicted octanol–water partition coefficient (Wildman–Crippen LogP) is 6.74. The van der Waals surface area contributed by atoms with Crippen molar-refractivity contribution in [1.82, 2.24) is 0 Å². The van der Waals surface area contributed by atoms with Crippen molar-refractivity contribution in [2.24, 2.45) is 0 Å². The first kappa shape index (κ1) is 20.7. The summed E-state index contributed by atoms with van der Waals surface area (Å²) >= 11 is 6.29. The van der Waals surface area contributed by atoms with Crippen LogP contribution in [0.2, 0.25) is 10.1 Å². The van der Waals surface area contributed by atoms with E-state index in [1.807, 2.05) is 12.1 Å². The highest BCUT2D eigenvalue weighted by Gasteiger charge is 2.52. The van der Waals surface area contributed by atoms with Crippen LogP contribution in [0.3, 0.4) is 0 Å². The number of hydrogen-bond donors (Lipinski definition) is 0. The van der Waals surface area contributed by atoms with Gasteiger partial charge in [0.2, 0.25) is 0 Å². The quantitative estimate of drug-likeness (QED) is 0.326. The van der Waals surface area contributed by atoms with Gasteiger partial charge in [-0.2, -0.15) is 0 Å². The molecule has 0 bridgehead atoms. The number of benzene rings is 4. The van der Waals surface area contributed by atoms with Crippen molar-refractivity contribution in [1.29, 1.82) is 0 Å². The van der Waals surface area contributed by atoms with Gasteiger partial charge in [0, 0.05) is 10.4 Å². The van der Waals surface area contributed by atoms with Crippen molar-refractivity contribution in [3.63, 3.8) is 0 Å². The lowest BCUT2D eigenvalue weighted by atomic mass is 10.1. The van der Waals surface area contributed by atoms with Crippen LogP contribution in [-0.4, -0.2) is 8.32 Å². The molecule has 0 N–H and O–H groups in total. The van der Waals surface area contributed by atoms with Gasteiger partial charge in [-0.3, -0.25) is 0 Å². The fourth-order valence-electron chi connectivity index (χ4n) is 4.35. The van der Waals surface area contributed by atoms with E-state index in [0.29, 0.717) is 0 Å². The lowest BCUT2D eigenvalue weighted by molar-refractivity contribution is 0.512. The molecule has 0 amide bonds. The summed E-state index contributed by atoms with van der Waals surface area (Å²) in [7, 11) is -2.68. The first-order valence-corrected chi connectivity index (χ1v) is 12.6. The highest BCUT2D eigenvalue weighted by Crippen LogP contribution is 2.40. The van der Waals surface area contributed by atoms with Gasteiger partial charge in [-0.1, -0.05) is 99.1 Å². The molecule has 30 heavy (non-hydrogen) atoms. The molecular weight excluding hydrogens is 404 g/mol. The lowest BCUT2D eigenvalue weighted by Gasteiger charge is -2.43. The minimum Gasteiger partial charge on any atom is -0.534 e. The molecule has 0 aliphatic rings. The van der Waals surface area contributed by atoms with E-state index in [-0.39, 0.29) is 5.04 Å². The van der Waals surface area contributed by atoms with Crippen LogP contribution in [0.4, 0.5) is 0 Å². The van der Waals surface area contributed by atoms with E-state index in [1.165, 1.54) is 10.4 Å². The maximum Gasteiger partial charge on any atom is 0.319 e. The van der Waals surface area contributed by atoms with Gasteiger partial charge in [0.1, 0.15) is 5.75 Å². The van der Waals surface area contributed by atoms with Crippen LogP contribution < -0.4 is 14.8 Å². The second-order valence-corrected chi connectivity index (χ2v) is 13.6. The summed E-state index contributed by atoms with van der Waals surface area (Å²) in [6.07, 6.45) is 0. The van der Waals surface area contributed by atoms with Gasteiger partial charge < -0.3 is 4.43 Å². The van der Waals surface area contributed by atoms with Crippen LogP contribution >= 0.6 is 11.6 Å². The molecule has 4 rings (SSSR count). The van der Waals surface area contributed by atoms with Crippen molar-refractivity contribution in [2.75, 3.05) is 0 Å². The van der Waals surface area contributed by atoms with E-state index in [2.05, 4.69) is 107 Å². The Balaban J connectivity index is 2.02. The fraction of sp³-hybridized carbons (Fsp3) is 0.185. The van der Waals surface area contributed by atoms with Crippen LogP contribution in [0, 0.1) is 6.92 Å². The molecule has 4 aromatic rings. The van der Waals surface area contributed by atoms with Crippen LogP contribution in [0.1, 0.15) is 26.3 Å². The normalized spacial score (nSPS) is 12.2. The highest BCUT2D eigenvalue weighted by atomic mass is 35.5. The van der Waals surface area contributed by atoms with Crippen LogP contribution in [-0.2, 0) is 0 Å². The maximum atomic E-state index is 7.27. The first-order chi connectivity index (χ1) is 14.3. The minimum atomic E-state index is -2.68. The van der Waals surface area contributed by atoms with Gasteiger partial charge in [0.25, 0.3) is 0 Å². The van der Waals surface area contributed by atoms with E-state index in [4.69, 9.17) is 16.0 Å². The van der Waals surface area contributed by atoms with E-state index in [1.54, 1.807) is 0 Å². The summed E-state index contributed by atoms with van der Waals surface area (Å²) in [5.74, 6) is 0.927. The van der Waals surface area contributed by atoms with Gasteiger partial charge in [0.05, 0.1) is 0 Å². The van der Waals surface area contributed by atoms with Gasteiger partial charge in [-0.25, -0.2) is 0 Å². The SMILES string of the molecule is Cc1cc(O[Si](c2ccccc2)(c2ccccc2)C(C)(C)C)c2ccc(Cl)cc2c1. The van der Waals surface area contributed by atoms with E-state index < -0.39 is 8.32 Å². The fourth-order valence-corrected chi connectivity index (χ4v) is 8.96. The minimum absolute atomic E-state index is 0.0851. The van der Waals surface area contributed by atoms with E-state index >= 15 is 0 Å². The summed E-state index contributed by atoms with van der Waals surface area (Å²) in [6, 6.07) is 31.8. The highest BCUT2D eigenvalue weighted by molar-refractivity contribution is 7.00. The summed E-state index contributed by atoms with van der Waals surface area (Å²) in [4.78, 5) is 0. The van der Waals surface area contributed by atoms with Crippen LogP contribution in [0.25, 0.3) is 10.8 Å². The average Bonchev–Trinajstić information content (AvgIpc) is 2.71. The van der Waals surface area contributed by atoms with E-state index in [9.17, 15) is 0 Å². The maximum absolute atomic E-state index is 7.27. The zero-order chi connectivity index (χ0) is 21.4. The molecule has 0 atom stereocenters. The standard InChI is InChI=1S/C27H27ClOSi/c1-20-17-21-19-22(28)15-16-25(21)26(18-20)29-30(27(2,3)4,23-11-7-5-8-12-23)24-13-9-6-10-14-24/h5-19H,1-4H3. The predicted molar refractivity (Wildman–Crippen MR) is 132 cm³/mol. The Labute approximate surface area is 185 Å². The molecule has 0 heterocycles. The molecular formula is C27H27ClOSi. The zero-order valence-electron chi connectivity index (χ0n) is 17.9. The summed E-state index contributed by atoms with van der Waals surface area (Å²) in [6.45, 7) is 9.01. The van der Waals surface area contributed by atoms with Crippen molar-refractivity contribution in [3.8, 4) is 5.75 Å². The number of halogens is 1. The molecule has 152 valence electrons. The largest absolute Gasteiger partial charge is 0.534 e. The molecule has 0 unspecified atom stereocenters. The van der Waals surface area contributed by atoms with Gasteiger partial charge in [-0.15, -0.1) is 0 Å². The Bertz CT molecular complexity index is 1120. The third kappa shape index (κ3) is 3.66. The Morgan fingerprint density at radius 1 is 0.733 bits per heavy atom.